The zero-order chi connectivity index (χ0) is 23.7. The standard InChI is InChI=1S/C25H30N4O4S/c1-18-16-28(12-13-33-18)17-20-7-4-6-19(14-20)15-26-25(30)22-9-5-11-29(22)24-21-8-2-3-10-23(21)34(31,32)27-24/h2-4,6-8,10,14,18,22H,5,9,11-13,15-17H2,1H3,(H,26,30)/t18?,22-/m0/s1. The summed E-state index contributed by atoms with van der Waals surface area (Å²) in [6.45, 7) is 6.58. The number of hydrogen-bond donors (Lipinski definition) is 1. The minimum absolute atomic E-state index is 0.102. The molecule has 0 spiro atoms. The maximum absolute atomic E-state index is 13.1. The molecule has 2 saturated heterocycles. The summed E-state index contributed by atoms with van der Waals surface area (Å²) in [6.07, 6.45) is 1.73. The number of likely N-dealkylation sites (tertiary alicyclic amines) is 1. The molecule has 1 amide bonds. The SMILES string of the molecule is CC1CN(Cc2cccc(CNC(=O)[C@@H]3CCCN3C3=NS(=O)(=O)c4ccccc43)c2)CCO1. The lowest BCUT2D eigenvalue weighted by Gasteiger charge is -2.31. The number of rotatable bonds is 5. The zero-order valence-electron chi connectivity index (χ0n) is 19.3. The Labute approximate surface area is 200 Å². The normalized spacial score (nSPS) is 24.0. The van der Waals surface area contributed by atoms with Crippen LogP contribution in [0.3, 0.4) is 0 Å². The van der Waals surface area contributed by atoms with Crippen molar-refractivity contribution in [1.82, 2.24) is 15.1 Å². The molecule has 1 N–H and O–H groups in total. The van der Waals surface area contributed by atoms with E-state index in [0.29, 0.717) is 30.9 Å². The Morgan fingerprint density at radius 3 is 2.82 bits per heavy atom. The van der Waals surface area contributed by atoms with Crippen molar-refractivity contribution in [3.63, 3.8) is 0 Å². The van der Waals surface area contributed by atoms with Gasteiger partial charge in [0.2, 0.25) is 5.91 Å². The molecule has 2 fully saturated rings. The third-order valence-corrected chi connectivity index (χ3v) is 7.95. The van der Waals surface area contributed by atoms with Gasteiger partial charge in [-0.3, -0.25) is 9.69 Å². The highest BCUT2D eigenvalue weighted by Crippen LogP contribution is 2.31. The van der Waals surface area contributed by atoms with Gasteiger partial charge in [0.1, 0.15) is 10.9 Å². The highest BCUT2D eigenvalue weighted by molar-refractivity contribution is 7.90. The number of benzene rings is 2. The summed E-state index contributed by atoms with van der Waals surface area (Å²) < 4.78 is 34.6. The van der Waals surface area contributed by atoms with E-state index in [1.807, 2.05) is 17.0 Å². The minimum Gasteiger partial charge on any atom is -0.376 e. The number of nitrogens with zero attached hydrogens (tertiary/aromatic N) is 3. The summed E-state index contributed by atoms with van der Waals surface area (Å²) in [7, 11) is -3.71. The average Bonchev–Trinajstić information content (AvgIpc) is 3.41. The molecule has 2 aromatic carbocycles. The predicted octanol–water partition coefficient (Wildman–Crippen LogP) is 2.14. The van der Waals surface area contributed by atoms with Crippen LogP contribution >= 0.6 is 0 Å². The van der Waals surface area contributed by atoms with Gasteiger partial charge in [0.25, 0.3) is 10.0 Å². The first-order valence-electron chi connectivity index (χ1n) is 11.8. The lowest BCUT2D eigenvalue weighted by atomic mass is 10.1. The Balaban J connectivity index is 1.24. The lowest BCUT2D eigenvalue weighted by Crippen LogP contribution is -2.45. The van der Waals surface area contributed by atoms with Gasteiger partial charge in [0.15, 0.2) is 5.84 Å². The molecule has 2 atom stereocenters. The molecule has 3 heterocycles. The Morgan fingerprint density at radius 2 is 1.97 bits per heavy atom. The van der Waals surface area contributed by atoms with Gasteiger partial charge >= 0.3 is 0 Å². The smallest absolute Gasteiger partial charge is 0.285 e. The van der Waals surface area contributed by atoms with Crippen molar-refractivity contribution in [2.24, 2.45) is 4.40 Å². The van der Waals surface area contributed by atoms with Gasteiger partial charge in [-0.2, -0.15) is 8.42 Å². The second-order valence-electron chi connectivity index (χ2n) is 9.19. The molecular formula is C25H30N4O4S. The quantitative estimate of drug-likeness (QED) is 0.702. The van der Waals surface area contributed by atoms with E-state index >= 15 is 0 Å². The molecule has 3 aliphatic rings. The number of hydrogen-bond acceptors (Lipinski definition) is 6. The number of amidine groups is 1. The van der Waals surface area contributed by atoms with Crippen LogP contribution in [0, 0.1) is 0 Å². The van der Waals surface area contributed by atoms with Crippen molar-refractivity contribution >= 4 is 21.8 Å². The fourth-order valence-electron chi connectivity index (χ4n) is 5.03. The van der Waals surface area contributed by atoms with Crippen LogP contribution in [0.25, 0.3) is 0 Å². The number of sulfonamides is 1. The molecule has 9 heteroatoms. The topological polar surface area (TPSA) is 91.3 Å². The van der Waals surface area contributed by atoms with Crippen molar-refractivity contribution in [3.05, 3.63) is 65.2 Å². The summed E-state index contributed by atoms with van der Waals surface area (Å²) in [5.74, 6) is 0.282. The molecule has 5 rings (SSSR count). The average molecular weight is 483 g/mol. The van der Waals surface area contributed by atoms with E-state index < -0.39 is 16.1 Å². The van der Waals surface area contributed by atoms with Crippen molar-refractivity contribution in [3.8, 4) is 0 Å². The van der Waals surface area contributed by atoms with Crippen LogP contribution in [0.4, 0.5) is 0 Å². The lowest BCUT2D eigenvalue weighted by molar-refractivity contribution is -0.124. The Morgan fingerprint density at radius 1 is 1.15 bits per heavy atom. The maximum Gasteiger partial charge on any atom is 0.285 e. The van der Waals surface area contributed by atoms with Gasteiger partial charge in [-0.05, 0) is 43.0 Å². The fraction of sp³-hybridized carbons (Fsp3) is 0.440. The largest absolute Gasteiger partial charge is 0.376 e. The van der Waals surface area contributed by atoms with E-state index in [9.17, 15) is 13.2 Å². The molecule has 1 unspecified atom stereocenters. The number of ether oxygens (including phenoxy) is 1. The second-order valence-corrected chi connectivity index (χ2v) is 10.8. The molecule has 8 nitrogen and oxygen atoms in total. The molecule has 0 aromatic heterocycles. The molecular weight excluding hydrogens is 452 g/mol. The zero-order valence-corrected chi connectivity index (χ0v) is 20.1. The molecule has 0 aliphatic carbocycles. The Bertz CT molecular complexity index is 1210. The number of amides is 1. The number of carbonyl (C=O) groups excluding carboxylic acids is 1. The Kier molecular flexibility index (Phi) is 6.42. The minimum atomic E-state index is -3.71. The molecule has 0 bridgehead atoms. The van der Waals surface area contributed by atoms with E-state index in [4.69, 9.17) is 4.74 Å². The monoisotopic (exact) mass is 482 g/mol. The number of morpholine rings is 1. The van der Waals surface area contributed by atoms with E-state index in [1.54, 1.807) is 24.3 Å². The summed E-state index contributed by atoms with van der Waals surface area (Å²) in [6, 6.07) is 14.7. The Hall–Kier alpha value is -2.75. The first kappa shape index (κ1) is 23.0. The van der Waals surface area contributed by atoms with Crippen LogP contribution in [0.2, 0.25) is 0 Å². The second kappa shape index (κ2) is 9.48. The van der Waals surface area contributed by atoms with Crippen LogP contribution in [-0.4, -0.2) is 68.3 Å². The highest BCUT2D eigenvalue weighted by Gasteiger charge is 2.39. The molecule has 0 radical (unpaired) electrons. The van der Waals surface area contributed by atoms with Gasteiger partial charge in [-0.25, -0.2) is 0 Å². The third-order valence-electron chi connectivity index (χ3n) is 6.63. The predicted molar refractivity (Wildman–Crippen MR) is 129 cm³/mol. The summed E-state index contributed by atoms with van der Waals surface area (Å²) in [5, 5.41) is 3.06. The van der Waals surface area contributed by atoms with E-state index in [2.05, 4.69) is 33.7 Å². The molecule has 0 saturated carbocycles. The van der Waals surface area contributed by atoms with Crippen molar-refractivity contribution in [2.45, 2.75) is 49.9 Å². The van der Waals surface area contributed by atoms with Gasteiger partial charge in [0.05, 0.1) is 12.7 Å². The van der Waals surface area contributed by atoms with Crippen LogP contribution in [-0.2, 0) is 32.6 Å². The molecule has 3 aliphatic heterocycles. The number of fused-ring (bicyclic) bond motifs is 1. The maximum atomic E-state index is 13.1. The van der Waals surface area contributed by atoms with Crippen molar-refractivity contribution < 1.29 is 17.9 Å². The van der Waals surface area contributed by atoms with Gasteiger partial charge in [-0.15, -0.1) is 4.40 Å². The van der Waals surface area contributed by atoms with E-state index in [-0.39, 0.29) is 16.9 Å². The summed E-state index contributed by atoms with van der Waals surface area (Å²) in [4.78, 5) is 17.6. The van der Waals surface area contributed by atoms with Gasteiger partial charge in [0, 0.05) is 38.3 Å². The summed E-state index contributed by atoms with van der Waals surface area (Å²) >= 11 is 0. The van der Waals surface area contributed by atoms with Gasteiger partial charge < -0.3 is 15.0 Å². The highest BCUT2D eigenvalue weighted by atomic mass is 32.2. The third kappa shape index (κ3) is 4.73. The van der Waals surface area contributed by atoms with Crippen molar-refractivity contribution in [1.29, 1.82) is 0 Å². The van der Waals surface area contributed by atoms with Crippen LogP contribution in [0.1, 0.15) is 36.5 Å². The van der Waals surface area contributed by atoms with Crippen LogP contribution in [0.15, 0.2) is 57.8 Å². The first-order chi connectivity index (χ1) is 16.4. The van der Waals surface area contributed by atoms with Crippen molar-refractivity contribution in [2.75, 3.05) is 26.2 Å². The summed E-state index contributed by atoms with van der Waals surface area (Å²) in [5.41, 5.74) is 2.83. The van der Waals surface area contributed by atoms with E-state index in [1.165, 1.54) is 5.56 Å². The molecule has 34 heavy (non-hydrogen) atoms. The first-order valence-corrected chi connectivity index (χ1v) is 13.3. The van der Waals surface area contributed by atoms with E-state index in [0.717, 1.165) is 38.2 Å². The molecule has 180 valence electrons. The van der Waals surface area contributed by atoms with Crippen LogP contribution < -0.4 is 5.32 Å². The number of nitrogens with one attached hydrogen (secondary N) is 1. The fourth-order valence-corrected chi connectivity index (χ4v) is 6.24. The van der Waals surface area contributed by atoms with Crippen LogP contribution in [0.5, 0.6) is 0 Å². The van der Waals surface area contributed by atoms with Gasteiger partial charge in [-0.1, -0.05) is 36.4 Å². The number of carbonyl (C=O) groups is 1. The molecule has 2 aromatic rings.